The fourth-order valence-electron chi connectivity index (χ4n) is 1.61. The molecule has 1 aromatic heterocycles. The van der Waals surface area contributed by atoms with Gasteiger partial charge in [-0.15, -0.1) is 11.3 Å². The first kappa shape index (κ1) is 15.6. The molecule has 2 aromatic rings. The van der Waals surface area contributed by atoms with Crippen LogP contribution in [0.3, 0.4) is 0 Å². The predicted octanol–water partition coefficient (Wildman–Crippen LogP) is 2.62. The molecule has 0 unspecified atom stereocenters. The van der Waals surface area contributed by atoms with Crippen molar-refractivity contribution in [1.29, 1.82) is 0 Å². The summed E-state index contributed by atoms with van der Waals surface area (Å²) >= 11 is 1.11. The number of benzene rings is 1. The number of hydrogen-bond acceptors (Lipinski definition) is 6. The molecular formula is C11H14NO5PS2. The molecule has 20 heavy (non-hydrogen) atoms. The highest BCUT2D eigenvalue weighted by molar-refractivity contribution is 7.92. The minimum Gasteiger partial charge on any atom is -0.311 e. The van der Waals surface area contributed by atoms with Crippen molar-refractivity contribution in [3.63, 3.8) is 0 Å². The summed E-state index contributed by atoms with van der Waals surface area (Å²) in [5.74, 6) is 0. The van der Waals surface area contributed by atoms with Gasteiger partial charge in [0.05, 0.1) is 0 Å². The Kier molecular flexibility index (Phi) is 4.63. The summed E-state index contributed by atoms with van der Waals surface area (Å²) in [6.45, 7) is 0. The second-order valence-electron chi connectivity index (χ2n) is 3.89. The monoisotopic (exact) mass is 335 g/mol. The maximum absolute atomic E-state index is 12.3. The van der Waals surface area contributed by atoms with Crippen LogP contribution in [0.5, 0.6) is 0 Å². The lowest BCUT2D eigenvalue weighted by molar-refractivity contribution is 0.275. The van der Waals surface area contributed by atoms with Gasteiger partial charge in [-0.25, -0.2) is 8.42 Å². The molecule has 0 bridgehead atoms. The van der Waals surface area contributed by atoms with Crippen molar-refractivity contribution >= 4 is 39.7 Å². The van der Waals surface area contributed by atoms with Crippen LogP contribution < -0.4 is 4.72 Å². The molecule has 1 heterocycles. The van der Waals surface area contributed by atoms with E-state index in [1.165, 1.54) is 14.2 Å². The van der Waals surface area contributed by atoms with Gasteiger partial charge < -0.3 is 9.05 Å². The molecule has 6 nitrogen and oxygen atoms in total. The van der Waals surface area contributed by atoms with Gasteiger partial charge >= 0.3 is 7.60 Å². The zero-order valence-electron chi connectivity index (χ0n) is 10.9. The van der Waals surface area contributed by atoms with Crippen LogP contribution in [0.15, 0.2) is 33.9 Å². The van der Waals surface area contributed by atoms with Gasteiger partial charge in [0.2, 0.25) is 0 Å². The topological polar surface area (TPSA) is 81.7 Å². The molecular weight excluding hydrogens is 321 g/mol. The van der Waals surface area contributed by atoms with E-state index in [1.807, 2.05) is 12.1 Å². The first-order valence-corrected chi connectivity index (χ1v) is 9.67. The van der Waals surface area contributed by atoms with Gasteiger partial charge in [0, 0.05) is 19.6 Å². The number of rotatable bonds is 6. The molecule has 1 aromatic carbocycles. The summed E-state index contributed by atoms with van der Waals surface area (Å²) in [5.41, 5.74) is 0. The molecule has 0 aliphatic heterocycles. The molecule has 1 N–H and O–H groups in total. The second kappa shape index (κ2) is 5.93. The Morgan fingerprint density at radius 1 is 1.25 bits per heavy atom. The lowest BCUT2D eigenvalue weighted by atomic mass is 10.2. The molecule has 0 aliphatic rings. The van der Waals surface area contributed by atoms with Crippen LogP contribution in [0.2, 0.25) is 0 Å². The second-order valence-corrected chi connectivity index (χ2v) is 9.00. The SMILES string of the molecule is COP(=O)(CNS(=O)(=O)c1scc2ccccc12)OC. The summed E-state index contributed by atoms with van der Waals surface area (Å²) in [5, 5.41) is 3.24. The van der Waals surface area contributed by atoms with Crippen LogP contribution in [0.4, 0.5) is 0 Å². The Balaban J connectivity index is 2.30. The van der Waals surface area contributed by atoms with Gasteiger partial charge in [-0.05, 0) is 10.8 Å². The number of sulfonamides is 1. The van der Waals surface area contributed by atoms with Crippen molar-refractivity contribution in [3.8, 4) is 0 Å². The first-order chi connectivity index (χ1) is 9.42. The van der Waals surface area contributed by atoms with Gasteiger partial charge in [-0.1, -0.05) is 24.3 Å². The highest BCUT2D eigenvalue weighted by atomic mass is 32.2. The van der Waals surface area contributed by atoms with Crippen LogP contribution in [-0.4, -0.2) is 28.9 Å². The predicted molar refractivity (Wildman–Crippen MR) is 78.6 cm³/mol. The third-order valence-electron chi connectivity index (χ3n) is 2.72. The van der Waals surface area contributed by atoms with Crippen LogP contribution in [0.1, 0.15) is 0 Å². The highest BCUT2D eigenvalue weighted by Gasteiger charge is 2.26. The summed E-state index contributed by atoms with van der Waals surface area (Å²) in [7, 11) is -4.77. The van der Waals surface area contributed by atoms with Gasteiger partial charge in [0.25, 0.3) is 10.0 Å². The van der Waals surface area contributed by atoms with E-state index in [-0.39, 0.29) is 4.21 Å². The van der Waals surface area contributed by atoms with Crippen LogP contribution >= 0.6 is 18.9 Å². The van der Waals surface area contributed by atoms with Crippen molar-refractivity contribution in [1.82, 2.24) is 4.72 Å². The van der Waals surface area contributed by atoms with E-state index < -0.39 is 23.9 Å². The average molecular weight is 335 g/mol. The Hall–Kier alpha value is -0.760. The third kappa shape index (κ3) is 3.11. The Morgan fingerprint density at radius 3 is 2.55 bits per heavy atom. The normalized spacial score (nSPS) is 12.9. The van der Waals surface area contributed by atoms with E-state index in [0.717, 1.165) is 16.7 Å². The summed E-state index contributed by atoms with van der Waals surface area (Å²) < 4.78 is 48.2. The number of fused-ring (bicyclic) bond motifs is 1. The van der Waals surface area contributed by atoms with E-state index in [1.54, 1.807) is 17.5 Å². The van der Waals surface area contributed by atoms with Crippen molar-refractivity contribution < 1.29 is 22.0 Å². The van der Waals surface area contributed by atoms with Crippen LogP contribution in [0.25, 0.3) is 10.8 Å². The number of hydrogen-bond donors (Lipinski definition) is 1. The molecule has 110 valence electrons. The minimum atomic E-state index is -3.76. The van der Waals surface area contributed by atoms with E-state index in [4.69, 9.17) is 9.05 Å². The smallest absolute Gasteiger partial charge is 0.311 e. The molecule has 0 atom stereocenters. The zero-order chi connectivity index (χ0) is 14.8. The zero-order valence-corrected chi connectivity index (χ0v) is 13.4. The fourth-order valence-corrected chi connectivity index (χ4v) is 5.51. The molecule has 0 radical (unpaired) electrons. The van der Waals surface area contributed by atoms with Crippen molar-refractivity contribution in [2.45, 2.75) is 4.21 Å². The molecule has 2 rings (SSSR count). The largest absolute Gasteiger partial charge is 0.344 e. The molecule has 0 spiro atoms. The fraction of sp³-hybridized carbons (Fsp3) is 0.273. The summed E-state index contributed by atoms with van der Waals surface area (Å²) in [6.07, 6.45) is -0.408. The molecule has 0 saturated heterocycles. The molecule has 0 fully saturated rings. The van der Waals surface area contributed by atoms with Gasteiger partial charge in [-0.2, -0.15) is 4.72 Å². The maximum Gasteiger partial charge on any atom is 0.344 e. The summed E-state index contributed by atoms with van der Waals surface area (Å²) in [4.78, 5) is 0. The lowest BCUT2D eigenvalue weighted by Crippen LogP contribution is -2.25. The van der Waals surface area contributed by atoms with Crippen molar-refractivity contribution in [3.05, 3.63) is 29.6 Å². The third-order valence-corrected chi connectivity index (χ3v) is 7.58. The van der Waals surface area contributed by atoms with E-state index in [2.05, 4.69) is 4.72 Å². The molecule has 0 aliphatic carbocycles. The number of nitrogens with one attached hydrogen (secondary N) is 1. The quantitative estimate of drug-likeness (QED) is 0.821. The van der Waals surface area contributed by atoms with Gasteiger partial charge in [0.1, 0.15) is 10.5 Å². The summed E-state index contributed by atoms with van der Waals surface area (Å²) in [6, 6.07) is 7.17. The molecule has 0 saturated carbocycles. The maximum atomic E-state index is 12.3. The van der Waals surface area contributed by atoms with Gasteiger partial charge in [0.15, 0.2) is 0 Å². The van der Waals surface area contributed by atoms with Gasteiger partial charge in [-0.3, -0.25) is 4.57 Å². The first-order valence-electron chi connectivity index (χ1n) is 5.58. The van der Waals surface area contributed by atoms with Crippen LogP contribution in [0, 0.1) is 0 Å². The standard InChI is InChI=1S/C11H14NO5PS2/c1-16-18(13,17-2)8-12-20(14,15)11-10-6-4-3-5-9(10)7-19-11/h3-7,12H,8H2,1-2H3. The van der Waals surface area contributed by atoms with E-state index >= 15 is 0 Å². The minimum absolute atomic E-state index is 0.187. The molecule has 0 amide bonds. The average Bonchev–Trinajstić information content (AvgIpc) is 2.89. The Morgan fingerprint density at radius 2 is 1.90 bits per heavy atom. The number of thiophene rings is 1. The van der Waals surface area contributed by atoms with E-state index in [0.29, 0.717) is 5.39 Å². The highest BCUT2D eigenvalue weighted by Crippen LogP contribution is 2.45. The van der Waals surface area contributed by atoms with Crippen molar-refractivity contribution in [2.24, 2.45) is 0 Å². The molecule has 9 heteroatoms. The Bertz CT molecular complexity index is 747. The van der Waals surface area contributed by atoms with E-state index in [9.17, 15) is 13.0 Å². The van der Waals surface area contributed by atoms with Crippen molar-refractivity contribution in [2.75, 3.05) is 20.5 Å². The Labute approximate surface area is 121 Å². The van der Waals surface area contributed by atoms with Crippen LogP contribution in [-0.2, 0) is 23.6 Å². The lowest BCUT2D eigenvalue weighted by Gasteiger charge is -2.14.